The normalized spacial score (nSPS) is 11.1. The minimum Gasteiger partial charge on any atom is -0.103 e. The van der Waals surface area contributed by atoms with E-state index in [4.69, 9.17) is 0 Å². The molecule has 0 heterocycles. The molecule has 71 valence electrons. The smallest absolute Gasteiger partial charge is 0 e. The number of allylic oxidation sites excluding steroid dienone is 1. The third-order valence-electron chi connectivity index (χ3n) is 1.88. The molecule has 0 bridgehead atoms. The van der Waals surface area contributed by atoms with Crippen molar-refractivity contribution in [3.63, 3.8) is 0 Å². The summed E-state index contributed by atoms with van der Waals surface area (Å²) in [7, 11) is -0.167. The summed E-state index contributed by atoms with van der Waals surface area (Å²) in [5.41, 5.74) is 0. The summed E-state index contributed by atoms with van der Waals surface area (Å²) in [6.07, 6.45) is 4.22. The molecule has 1 aromatic rings. The SMILES string of the molecule is C=CCC[P@](C=C)c1ccccc1.[B]. The highest BCUT2D eigenvalue weighted by Gasteiger charge is 2.03. The van der Waals surface area contributed by atoms with Gasteiger partial charge in [0.15, 0.2) is 0 Å². The van der Waals surface area contributed by atoms with E-state index in [9.17, 15) is 0 Å². The van der Waals surface area contributed by atoms with Crippen LogP contribution in [0.4, 0.5) is 0 Å². The first-order chi connectivity index (χ1) is 6.38. The molecule has 0 spiro atoms. The van der Waals surface area contributed by atoms with Crippen molar-refractivity contribution in [2.24, 2.45) is 0 Å². The van der Waals surface area contributed by atoms with E-state index in [2.05, 4.69) is 43.2 Å². The average Bonchev–Trinajstić information content (AvgIpc) is 2.21. The lowest BCUT2D eigenvalue weighted by Crippen LogP contribution is -1.99. The van der Waals surface area contributed by atoms with Crippen LogP contribution in [0.5, 0.6) is 0 Å². The first-order valence-corrected chi connectivity index (χ1v) is 6.03. The molecule has 1 atom stereocenters. The maximum atomic E-state index is 3.88. The highest BCUT2D eigenvalue weighted by Crippen LogP contribution is 2.35. The molecule has 1 aromatic carbocycles. The van der Waals surface area contributed by atoms with Crippen LogP contribution in [-0.2, 0) is 0 Å². The van der Waals surface area contributed by atoms with Gasteiger partial charge in [0, 0.05) is 8.41 Å². The van der Waals surface area contributed by atoms with Gasteiger partial charge >= 0.3 is 0 Å². The van der Waals surface area contributed by atoms with E-state index >= 15 is 0 Å². The molecule has 0 saturated heterocycles. The lowest BCUT2D eigenvalue weighted by atomic mass is 10.4. The van der Waals surface area contributed by atoms with Crippen LogP contribution in [0.15, 0.2) is 55.4 Å². The Balaban J connectivity index is 0.00000169. The summed E-state index contributed by atoms with van der Waals surface area (Å²) < 4.78 is 0. The third-order valence-corrected chi connectivity index (χ3v) is 4.02. The molecule has 0 aromatic heterocycles. The van der Waals surface area contributed by atoms with Gasteiger partial charge in [-0.15, -0.1) is 6.58 Å². The van der Waals surface area contributed by atoms with E-state index in [1.807, 2.05) is 12.1 Å². The van der Waals surface area contributed by atoms with Crippen LogP contribution in [0.1, 0.15) is 6.42 Å². The molecule has 3 radical (unpaired) electrons. The van der Waals surface area contributed by atoms with Gasteiger partial charge in [0.05, 0.1) is 0 Å². The van der Waals surface area contributed by atoms with E-state index < -0.39 is 0 Å². The van der Waals surface area contributed by atoms with Crippen molar-refractivity contribution in [2.45, 2.75) is 6.42 Å². The van der Waals surface area contributed by atoms with Crippen LogP contribution in [0.3, 0.4) is 0 Å². The van der Waals surface area contributed by atoms with Crippen LogP contribution in [0, 0.1) is 0 Å². The van der Waals surface area contributed by atoms with Gasteiger partial charge in [-0.25, -0.2) is 0 Å². The van der Waals surface area contributed by atoms with Gasteiger partial charge < -0.3 is 0 Å². The molecule has 2 heteroatoms. The lowest BCUT2D eigenvalue weighted by Gasteiger charge is -2.11. The Bertz CT molecular complexity index is 269. The van der Waals surface area contributed by atoms with Crippen molar-refractivity contribution in [2.75, 3.05) is 6.16 Å². The van der Waals surface area contributed by atoms with Crippen LogP contribution >= 0.6 is 7.92 Å². The van der Waals surface area contributed by atoms with Gasteiger partial charge in [-0.1, -0.05) is 56.7 Å². The Labute approximate surface area is 90.1 Å². The summed E-state index contributed by atoms with van der Waals surface area (Å²) in [5, 5.41) is 1.41. The maximum Gasteiger partial charge on any atom is 0 e. The molecule has 0 amide bonds. The summed E-state index contributed by atoms with van der Waals surface area (Å²) in [6.45, 7) is 7.62. The summed E-state index contributed by atoms with van der Waals surface area (Å²) in [5.74, 6) is 2.08. The average molecular weight is 201 g/mol. The fraction of sp³-hybridized carbons (Fsp3) is 0.167. The molecule has 0 saturated carbocycles. The molecular formula is C12H15BP. The Morgan fingerprint density at radius 3 is 2.29 bits per heavy atom. The molecule has 1 rings (SSSR count). The van der Waals surface area contributed by atoms with Crippen molar-refractivity contribution < 1.29 is 0 Å². The van der Waals surface area contributed by atoms with Crippen molar-refractivity contribution in [1.82, 2.24) is 0 Å². The lowest BCUT2D eigenvalue weighted by molar-refractivity contribution is 1.24. The third kappa shape index (κ3) is 3.94. The molecule has 0 nitrogen and oxygen atoms in total. The second-order valence-corrected chi connectivity index (χ2v) is 5.06. The number of benzene rings is 1. The number of rotatable bonds is 5. The topological polar surface area (TPSA) is 0 Å². The molecule has 0 N–H and O–H groups in total. The van der Waals surface area contributed by atoms with Crippen molar-refractivity contribution in [3.8, 4) is 0 Å². The zero-order chi connectivity index (χ0) is 9.52. The van der Waals surface area contributed by atoms with Crippen LogP contribution in [-0.4, -0.2) is 14.6 Å². The first kappa shape index (κ1) is 13.2. The maximum absolute atomic E-state index is 3.88. The minimum absolute atomic E-state index is 0. The fourth-order valence-electron chi connectivity index (χ4n) is 1.18. The van der Waals surface area contributed by atoms with E-state index in [0.29, 0.717) is 0 Å². The summed E-state index contributed by atoms with van der Waals surface area (Å²) in [4.78, 5) is 0. The molecular weight excluding hydrogens is 186 g/mol. The number of hydrogen-bond acceptors (Lipinski definition) is 0. The first-order valence-electron chi connectivity index (χ1n) is 4.43. The predicted octanol–water partition coefficient (Wildman–Crippen LogP) is 3.13. The van der Waals surface area contributed by atoms with E-state index in [-0.39, 0.29) is 16.3 Å². The van der Waals surface area contributed by atoms with E-state index in [1.165, 1.54) is 11.5 Å². The van der Waals surface area contributed by atoms with E-state index in [0.717, 1.165) is 6.42 Å². The monoisotopic (exact) mass is 201 g/mol. The Kier molecular flexibility index (Phi) is 7.15. The molecule has 14 heavy (non-hydrogen) atoms. The minimum atomic E-state index is -0.167. The molecule has 0 aliphatic rings. The summed E-state index contributed by atoms with van der Waals surface area (Å²) >= 11 is 0. The second kappa shape index (κ2) is 7.59. The zero-order valence-electron chi connectivity index (χ0n) is 8.39. The van der Waals surface area contributed by atoms with Crippen molar-refractivity contribution >= 4 is 21.6 Å². The Morgan fingerprint density at radius 2 is 1.79 bits per heavy atom. The second-order valence-electron chi connectivity index (χ2n) is 2.79. The van der Waals surface area contributed by atoms with Crippen LogP contribution in [0.25, 0.3) is 0 Å². The largest absolute Gasteiger partial charge is 0.103 e. The standard InChI is InChI=1S/C12H15P.B/c1-3-5-11-13(4-2)12-9-7-6-8-10-12;/h3-4,6-10H,1-2,5,11H2;/t13-;/m0./s1. The quantitative estimate of drug-likeness (QED) is 0.390. The van der Waals surface area contributed by atoms with Gasteiger partial charge in [0.2, 0.25) is 0 Å². The fourth-order valence-corrected chi connectivity index (χ4v) is 2.84. The molecule has 0 fully saturated rings. The van der Waals surface area contributed by atoms with Crippen molar-refractivity contribution in [1.29, 1.82) is 0 Å². The zero-order valence-corrected chi connectivity index (χ0v) is 9.29. The molecule has 0 unspecified atom stereocenters. The van der Waals surface area contributed by atoms with Gasteiger partial charge in [-0.3, -0.25) is 0 Å². The van der Waals surface area contributed by atoms with E-state index in [1.54, 1.807) is 0 Å². The highest BCUT2D eigenvalue weighted by molar-refractivity contribution is 7.68. The molecule has 0 aliphatic carbocycles. The summed E-state index contributed by atoms with van der Waals surface area (Å²) in [6, 6.07) is 10.6. The van der Waals surface area contributed by atoms with Gasteiger partial charge in [-0.05, 0) is 17.9 Å². The van der Waals surface area contributed by atoms with Crippen molar-refractivity contribution in [3.05, 3.63) is 55.4 Å². The van der Waals surface area contributed by atoms with Crippen LogP contribution < -0.4 is 5.30 Å². The van der Waals surface area contributed by atoms with Gasteiger partial charge in [0.1, 0.15) is 0 Å². The highest BCUT2D eigenvalue weighted by atomic mass is 31.1. The Hall–Kier alpha value is -0.805. The van der Waals surface area contributed by atoms with Crippen LogP contribution in [0.2, 0.25) is 0 Å². The predicted molar refractivity (Wildman–Crippen MR) is 68.6 cm³/mol. The number of hydrogen-bond donors (Lipinski definition) is 0. The van der Waals surface area contributed by atoms with Gasteiger partial charge in [0.25, 0.3) is 0 Å². The van der Waals surface area contributed by atoms with Gasteiger partial charge in [-0.2, -0.15) is 0 Å². The Morgan fingerprint density at radius 1 is 1.14 bits per heavy atom. The molecule has 0 aliphatic heterocycles.